The summed E-state index contributed by atoms with van der Waals surface area (Å²) in [6, 6.07) is 12.5. The summed E-state index contributed by atoms with van der Waals surface area (Å²) in [6.45, 7) is 5.10. The smallest absolute Gasteiger partial charge is 0.434 e. The van der Waals surface area contributed by atoms with Gasteiger partial charge >= 0.3 is 18.3 Å². The molecular weight excluding hydrogens is 448 g/mol. The molecule has 2 aromatic carbocycles. The van der Waals surface area contributed by atoms with E-state index in [4.69, 9.17) is 0 Å². The van der Waals surface area contributed by atoms with Gasteiger partial charge in [0.1, 0.15) is 11.0 Å². The van der Waals surface area contributed by atoms with E-state index in [-0.39, 0.29) is 10.5 Å². The monoisotopic (exact) mass is 465 g/mol. The summed E-state index contributed by atoms with van der Waals surface area (Å²) < 4.78 is 95.3. The molecule has 0 fully saturated rings. The van der Waals surface area contributed by atoms with E-state index in [0.29, 0.717) is 0 Å². The average molecular weight is 465 g/mol. The summed E-state index contributed by atoms with van der Waals surface area (Å²) >= 11 is 0. The van der Waals surface area contributed by atoms with Gasteiger partial charge in [-0.15, -0.1) is 0 Å². The van der Waals surface area contributed by atoms with Crippen LogP contribution in [0.15, 0.2) is 71.6 Å². The fourth-order valence-corrected chi connectivity index (χ4v) is 3.45. The first-order valence-corrected chi connectivity index (χ1v) is 9.78. The number of rotatable bonds is 7. The van der Waals surface area contributed by atoms with Gasteiger partial charge in [0.05, 0.1) is 16.5 Å². The Kier molecular flexibility index (Phi) is 7.66. The van der Waals surface area contributed by atoms with Crippen molar-refractivity contribution in [2.24, 2.45) is 0 Å². The highest BCUT2D eigenvalue weighted by Crippen LogP contribution is 2.36. The van der Waals surface area contributed by atoms with Crippen molar-refractivity contribution in [3.8, 4) is 0 Å². The van der Waals surface area contributed by atoms with E-state index in [1.54, 1.807) is 25.1 Å². The zero-order chi connectivity index (χ0) is 23.4. The molecule has 0 aromatic heterocycles. The first-order chi connectivity index (χ1) is 14.3. The van der Waals surface area contributed by atoms with Crippen LogP contribution in [0.3, 0.4) is 0 Å². The molecule has 2 aromatic rings. The van der Waals surface area contributed by atoms with Gasteiger partial charge < -0.3 is 4.74 Å². The number of nitrogens with one attached hydrogen (secondary N) is 1. The summed E-state index contributed by atoms with van der Waals surface area (Å²) in [5.41, 5.74) is 0.337. The molecule has 0 radical (unpaired) electrons. The van der Waals surface area contributed by atoms with Crippen LogP contribution in [0.1, 0.15) is 17.2 Å². The van der Waals surface area contributed by atoms with Crippen LogP contribution in [0, 0.1) is 6.92 Å². The van der Waals surface area contributed by atoms with E-state index in [1.807, 2.05) is 0 Å². The SMILES string of the molecule is C=C(C(=O)OC(C(F)(F)F)C(F)(F)F)[C@@H](NS(=O)c1ccc(C)cc1)c1ccccc1. The van der Waals surface area contributed by atoms with Crippen LogP contribution in [-0.2, 0) is 20.5 Å². The molecule has 0 spiro atoms. The lowest BCUT2D eigenvalue weighted by atomic mass is 10.0. The Balaban J connectivity index is 2.31. The van der Waals surface area contributed by atoms with Gasteiger partial charge in [-0.2, -0.15) is 26.3 Å². The zero-order valence-electron chi connectivity index (χ0n) is 16.0. The lowest BCUT2D eigenvalue weighted by molar-refractivity contribution is -0.312. The molecule has 0 amide bonds. The lowest BCUT2D eigenvalue weighted by Gasteiger charge is -2.25. The van der Waals surface area contributed by atoms with Crippen LogP contribution in [0.2, 0.25) is 0 Å². The van der Waals surface area contributed by atoms with Gasteiger partial charge in [0, 0.05) is 0 Å². The number of hydrogen-bond donors (Lipinski definition) is 1. The van der Waals surface area contributed by atoms with Gasteiger partial charge in [-0.1, -0.05) is 54.6 Å². The van der Waals surface area contributed by atoms with E-state index >= 15 is 0 Å². The maximum absolute atomic E-state index is 12.7. The van der Waals surface area contributed by atoms with Crippen LogP contribution in [0.5, 0.6) is 0 Å². The average Bonchev–Trinajstić information content (AvgIpc) is 2.68. The van der Waals surface area contributed by atoms with E-state index < -0.39 is 47.0 Å². The van der Waals surface area contributed by atoms with Crippen molar-refractivity contribution < 1.29 is 40.1 Å². The Morgan fingerprint density at radius 1 is 0.968 bits per heavy atom. The minimum Gasteiger partial charge on any atom is -0.439 e. The summed E-state index contributed by atoms with van der Waals surface area (Å²) in [7, 11) is -1.97. The van der Waals surface area contributed by atoms with Crippen molar-refractivity contribution in [3.05, 3.63) is 77.9 Å². The molecular formula is C20H17F6NO3S. The molecule has 2 rings (SSSR count). The molecule has 0 heterocycles. The van der Waals surface area contributed by atoms with Crippen molar-refractivity contribution in [1.82, 2.24) is 4.72 Å². The van der Waals surface area contributed by atoms with Gasteiger partial charge in [-0.05, 0) is 24.6 Å². The number of hydrogen-bond acceptors (Lipinski definition) is 3. The molecule has 0 saturated heterocycles. The molecule has 31 heavy (non-hydrogen) atoms. The second-order valence-corrected chi connectivity index (χ2v) is 7.68. The summed E-state index contributed by atoms with van der Waals surface area (Å²) in [6.07, 6.45) is -16.0. The second kappa shape index (κ2) is 9.65. The molecule has 0 aliphatic heterocycles. The van der Waals surface area contributed by atoms with Crippen LogP contribution in [0.4, 0.5) is 26.3 Å². The zero-order valence-corrected chi connectivity index (χ0v) is 16.8. The second-order valence-electron chi connectivity index (χ2n) is 6.44. The first kappa shape index (κ1) is 24.6. The number of halogens is 6. The van der Waals surface area contributed by atoms with Crippen LogP contribution >= 0.6 is 0 Å². The number of carbonyl (C=O) groups excluding carboxylic acids is 1. The number of carbonyl (C=O) groups is 1. The quantitative estimate of drug-likeness (QED) is 0.358. The highest BCUT2D eigenvalue weighted by Gasteiger charge is 2.60. The Labute approximate surface area is 176 Å². The summed E-state index contributed by atoms with van der Waals surface area (Å²) in [4.78, 5) is 12.4. The Morgan fingerprint density at radius 2 is 1.48 bits per heavy atom. The Hall–Kier alpha value is -2.66. The van der Waals surface area contributed by atoms with E-state index in [9.17, 15) is 35.3 Å². The van der Waals surface area contributed by atoms with E-state index in [0.717, 1.165) is 5.56 Å². The molecule has 0 aliphatic carbocycles. The van der Waals surface area contributed by atoms with Crippen molar-refractivity contribution in [2.45, 2.75) is 36.3 Å². The van der Waals surface area contributed by atoms with E-state index in [2.05, 4.69) is 16.0 Å². The van der Waals surface area contributed by atoms with Crippen molar-refractivity contribution in [1.29, 1.82) is 0 Å². The fraction of sp³-hybridized carbons (Fsp3) is 0.250. The molecule has 0 saturated carbocycles. The number of ether oxygens (including phenoxy) is 1. The lowest BCUT2D eigenvalue weighted by Crippen LogP contribution is -2.46. The van der Waals surface area contributed by atoms with Crippen molar-refractivity contribution in [2.75, 3.05) is 0 Å². The predicted octanol–water partition coefficient (Wildman–Crippen LogP) is 4.94. The van der Waals surface area contributed by atoms with Crippen LogP contribution in [-0.4, -0.2) is 28.6 Å². The van der Waals surface area contributed by atoms with Crippen molar-refractivity contribution in [3.63, 3.8) is 0 Å². The van der Waals surface area contributed by atoms with Crippen LogP contribution in [0.25, 0.3) is 0 Å². The standard InChI is InChI=1S/C20H17F6NO3S/c1-12-8-10-15(11-9-12)31(29)27-16(14-6-4-3-5-7-14)13(2)17(28)30-18(19(21,22)23)20(24,25)26/h3-11,16,18,27H,2H2,1H3/t16-,31?/m1/s1. The molecule has 1 N–H and O–H groups in total. The van der Waals surface area contributed by atoms with Gasteiger partial charge in [-0.3, -0.25) is 0 Å². The van der Waals surface area contributed by atoms with Gasteiger partial charge in [0.2, 0.25) is 0 Å². The predicted molar refractivity (Wildman–Crippen MR) is 101 cm³/mol. The molecule has 0 aliphatic rings. The topological polar surface area (TPSA) is 55.4 Å². The van der Waals surface area contributed by atoms with E-state index in [1.165, 1.54) is 36.4 Å². The Morgan fingerprint density at radius 3 is 1.97 bits per heavy atom. The third-order valence-electron chi connectivity index (χ3n) is 4.02. The van der Waals surface area contributed by atoms with Gasteiger partial charge in [-0.25, -0.2) is 13.7 Å². The van der Waals surface area contributed by atoms with Crippen molar-refractivity contribution >= 4 is 17.0 Å². The number of benzene rings is 2. The summed E-state index contributed by atoms with van der Waals surface area (Å²) in [5, 5.41) is 0. The molecule has 1 unspecified atom stereocenters. The maximum Gasteiger partial charge on any atom is 0.434 e. The first-order valence-electron chi connectivity index (χ1n) is 8.63. The molecule has 0 bridgehead atoms. The summed E-state index contributed by atoms with van der Waals surface area (Å²) in [5.74, 6) is -1.93. The highest BCUT2D eigenvalue weighted by atomic mass is 32.2. The highest BCUT2D eigenvalue weighted by molar-refractivity contribution is 7.83. The van der Waals surface area contributed by atoms with Crippen LogP contribution < -0.4 is 4.72 Å². The maximum atomic E-state index is 12.7. The molecule has 168 valence electrons. The normalized spacial score (nSPS) is 14.2. The third kappa shape index (κ3) is 6.66. The minimum absolute atomic E-state index is 0.237. The fourth-order valence-electron chi connectivity index (χ4n) is 2.44. The number of aryl methyl sites for hydroxylation is 1. The Bertz CT molecular complexity index is 928. The number of esters is 1. The molecule has 11 heteroatoms. The van der Waals surface area contributed by atoms with Gasteiger partial charge in [0.15, 0.2) is 0 Å². The third-order valence-corrected chi connectivity index (χ3v) is 5.17. The minimum atomic E-state index is -5.87. The number of alkyl halides is 6. The molecule has 4 nitrogen and oxygen atoms in total. The van der Waals surface area contributed by atoms with Gasteiger partial charge in [0.25, 0.3) is 6.10 Å². The molecule has 2 atom stereocenters. The largest absolute Gasteiger partial charge is 0.439 e.